The number of nitrogens with one attached hydrogen (secondary N) is 1. The maximum absolute atomic E-state index is 13.1. The van der Waals surface area contributed by atoms with Crippen molar-refractivity contribution in [2.24, 2.45) is 10.4 Å². The maximum atomic E-state index is 13.1. The smallest absolute Gasteiger partial charge is 0.194 e. The molecule has 3 rings (SSSR count). The van der Waals surface area contributed by atoms with E-state index in [1.165, 1.54) is 25.0 Å². The lowest BCUT2D eigenvalue weighted by atomic mass is 10.0. The predicted molar refractivity (Wildman–Crippen MR) is 109 cm³/mol. The van der Waals surface area contributed by atoms with Gasteiger partial charge in [0.25, 0.3) is 0 Å². The summed E-state index contributed by atoms with van der Waals surface area (Å²) in [4.78, 5) is 9.63. The van der Waals surface area contributed by atoms with Crippen LogP contribution in [-0.4, -0.2) is 63.3 Å². The minimum atomic E-state index is -0.183. The Morgan fingerprint density at radius 1 is 1.15 bits per heavy atom. The van der Waals surface area contributed by atoms with E-state index in [9.17, 15) is 4.39 Å². The summed E-state index contributed by atoms with van der Waals surface area (Å²) in [6.07, 6.45) is 3.64. The molecule has 1 aromatic rings. The van der Waals surface area contributed by atoms with Gasteiger partial charge in [-0.05, 0) is 62.8 Å². The van der Waals surface area contributed by atoms with Gasteiger partial charge in [0.2, 0.25) is 0 Å². The van der Waals surface area contributed by atoms with Gasteiger partial charge in [0.15, 0.2) is 5.96 Å². The average Bonchev–Trinajstić information content (AvgIpc) is 3.46. The van der Waals surface area contributed by atoms with Crippen LogP contribution in [0.5, 0.6) is 0 Å². The van der Waals surface area contributed by atoms with E-state index in [0.717, 1.165) is 70.6 Å². The van der Waals surface area contributed by atoms with Crippen molar-refractivity contribution in [2.45, 2.75) is 33.1 Å². The third-order valence-corrected chi connectivity index (χ3v) is 5.61. The molecule has 1 saturated heterocycles. The van der Waals surface area contributed by atoms with Gasteiger partial charge in [-0.2, -0.15) is 0 Å². The highest BCUT2D eigenvalue weighted by Crippen LogP contribution is 2.49. The van der Waals surface area contributed by atoms with Gasteiger partial charge in [-0.1, -0.05) is 0 Å². The number of aliphatic imine (C=N–C) groups is 1. The summed E-state index contributed by atoms with van der Waals surface area (Å²) < 4.78 is 18.7. The van der Waals surface area contributed by atoms with Crippen LogP contribution in [0, 0.1) is 11.2 Å². The third kappa shape index (κ3) is 5.58. The number of ether oxygens (including phenoxy) is 1. The number of rotatable bonds is 8. The van der Waals surface area contributed by atoms with E-state index in [4.69, 9.17) is 9.73 Å². The van der Waals surface area contributed by atoms with Crippen LogP contribution in [0.4, 0.5) is 10.1 Å². The van der Waals surface area contributed by atoms with E-state index in [0.29, 0.717) is 5.41 Å². The number of hydrogen-bond acceptors (Lipinski definition) is 3. The molecule has 0 bridgehead atoms. The van der Waals surface area contributed by atoms with Crippen LogP contribution in [0.1, 0.15) is 33.1 Å². The van der Waals surface area contributed by atoms with Gasteiger partial charge in [-0.25, -0.2) is 4.39 Å². The fourth-order valence-corrected chi connectivity index (χ4v) is 3.59. The molecule has 1 aliphatic heterocycles. The van der Waals surface area contributed by atoms with E-state index < -0.39 is 0 Å². The van der Waals surface area contributed by atoms with Crippen molar-refractivity contribution in [2.75, 3.05) is 57.4 Å². The molecule has 0 unspecified atom stereocenters. The Bertz CT molecular complexity index is 607. The van der Waals surface area contributed by atoms with Crippen LogP contribution in [-0.2, 0) is 4.74 Å². The Morgan fingerprint density at radius 3 is 2.44 bits per heavy atom. The Kier molecular flexibility index (Phi) is 6.94. The number of piperazine rings is 1. The molecule has 27 heavy (non-hydrogen) atoms. The van der Waals surface area contributed by atoms with Crippen LogP contribution in [0.2, 0.25) is 0 Å². The quantitative estimate of drug-likeness (QED) is 0.430. The SMILES string of the molecule is CCNC(=NCC1(CCOCC)CC1)N1CCN(c2ccc(F)cc2)CC1. The molecule has 1 saturated carbocycles. The van der Waals surface area contributed by atoms with E-state index >= 15 is 0 Å². The first-order valence-electron chi connectivity index (χ1n) is 10.3. The lowest BCUT2D eigenvalue weighted by molar-refractivity contribution is 0.129. The molecule has 2 aliphatic rings. The predicted octanol–water partition coefficient (Wildman–Crippen LogP) is 3.12. The lowest BCUT2D eigenvalue weighted by Gasteiger charge is -2.37. The largest absolute Gasteiger partial charge is 0.382 e. The molecule has 1 aromatic carbocycles. The van der Waals surface area contributed by atoms with Crippen LogP contribution in [0.3, 0.4) is 0 Å². The highest BCUT2D eigenvalue weighted by molar-refractivity contribution is 5.80. The second kappa shape index (κ2) is 9.40. The first-order valence-corrected chi connectivity index (χ1v) is 10.3. The summed E-state index contributed by atoms with van der Waals surface area (Å²) in [7, 11) is 0. The second-order valence-electron chi connectivity index (χ2n) is 7.57. The summed E-state index contributed by atoms with van der Waals surface area (Å²) in [5.41, 5.74) is 1.46. The standard InChI is InChI=1S/C21H33FN4O/c1-3-23-20(24-17-21(9-10-21)11-16-27-4-2)26-14-12-25(13-15-26)19-7-5-18(22)6-8-19/h5-8H,3-4,9-17H2,1-2H3,(H,23,24). The van der Waals surface area contributed by atoms with E-state index in [1.54, 1.807) is 0 Å². The first-order chi connectivity index (χ1) is 13.2. The van der Waals surface area contributed by atoms with Gasteiger partial charge >= 0.3 is 0 Å². The number of hydrogen-bond donors (Lipinski definition) is 1. The third-order valence-electron chi connectivity index (χ3n) is 5.61. The molecule has 0 aromatic heterocycles. The van der Waals surface area contributed by atoms with Crippen LogP contribution < -0.4 is 10.2 Å². The molecule has 150 valence electrons. The molecule has 0 spiro atoms. The fourth-order valence-electron chi connectivity index (χ4n) is 3.59. The summed E-state index contributed by atoms with van der Waals surface area (Å²) in [5, 5.41) is 3.46. The van der Waals surface area contributed by atoms with Crippen molar-refractivity contribution in [1.82, 2.24) is 10.2 Å². The lowest BCUT2D eigenvalue weighted by Crippen LogP contribution is -2.52. The monoisotopic (exact) mass is 376 g/mol. The minimum Gasteiger partial charge on any atom is -0.382 e. The number of anilines is 1. The topological polar surface area (TPSA) is 40.1 Å². The Balaban J connectivity index is 1.54. The molecule has 0 radical (unpaired) electrons. The molecule has 0 amide bonds. The maximum Gasteiger partial charge on any atom is 0.194 e. The Hall–Kier alpha value is -1.82. The molecule has 0 atom stereocenters. The van der Waals surface area contributed by atoms with Crippen molar-refractivity contribution < 1.29 is 9.13 Å². The molecular formula is C21H33FN4O. The van der Waals surface area contributed by atoms with Gasteiger partial charge in [-0.15, -0.1) is 0 Å². The van der Waals surface area contributed by atoms with Gasteiger partial charge in [0.1, 0.15) is 5.82 Å². The van der Waals surface area contributed by atoms with Crippen molar-refractivity contribution >= 4 is 11.6 Å². The van der Waals surface area contributed by atoms with Gasteiger partial charge in [-0.3, -0.25) is 4.99 Å². The average molecular weight is 377 g/mol. The summed E-state index contributed by atoms with van der Waals surface area (Å²) >= 11 is 0. The molecule has 5 nitrogen and oxygen atoms in total. The summed E-state index contributed by atoms with van der Waals surface area (Å²) in [6, 6.07) is 6.79. The number of guanidine groups is 1. The van der Waals surface area contributed by atoms with Crippen molar-refractivity contribution in [1.29, 1.82) is 0 Å². The molecule has 1 heterocycles. The molecule has 2 fully saturated rings. The highest BCUT2D eigenvalue weighted by atomic mass is 19.1. The molecule has 1 N–H and O–H groups in total. The van der Waals surface area contributed by atoms with Crippen molar-refractivity contribution in [3.05, 3.63) is 30.1 Å². The van der Waals surface area contributed by atoms with E-state index in [2.05, 4.69) is 22.0 Å². The van der Waals surface area contributed by atoms with Gasteiger partial charge in [0, 0.05) is 58.2 Å². The number of benzene rings is 1. The zero-order valence-corrected chi connectivity index (χ0v) is 16.7. The van der Waals surface area contributed by atoms with Gasteiger partial charge in [0.05, 0.1) is 0 Å². The zero-order valence-electron chi connectivity index (χ0n) is 16.7. The van der Waals surface area contributed by atoms with E-state index in [1.807, 2.05) is 19.1 Å². The second-order valence-corrected chi connectivity index (χ2v) is 7.57. The normalized spacial score (nSPS) is 19.3. The molecular weight excluding hydrogens is 343 g/mol. The van der Waals surface area contributed by atoms with Crippen molar-refractivity contribution in [3.8, 4) is 0 Å². The van der Waals surface area contributed by atoms with Crippen LogP contribution >= 0.6 is 0 Å². The Labute approximate surface area is 162 Å². The van der Waals surface area contributed by atoms with Crippen LogP contribution in [0.25, 0.3) is 0 Å². The minimum absolute atomic E-state index is 0.183. The Morgan fingerprint density at radius 2 is 1.85 bits per heavy atom. The van der Waals surface area contributed by atoms with Crippen LogP contribution in [0.15, 0.2) is 29.3 Å². The first kappa shape index (κ1) is 19.9. The van der Waals surface area contributed by atoms with Gasteiger partial charge < -0.3 is 19.9 Å². The molecule has 1 aliphatic carbocycles. The fraction of sp³-hybridized carbons (Fsp3) is 0.667. The zero-order chi connectivity index (χ0) is 19.1. The highest BCUT2D eigenvalue weighted by Gasteiger charge is 2.42. The number of halogens is 1. The van der Waals surface area contributed by atoms with E-state index in [-0.39, 0.29) is 5.82 Å². The molecule has 6 heteroatoms. The summed E-state index contributed by atoms with van der Waals surface area (Å²) in [5.74, 6) is 0.844. The summed E-state index contributed by atoms with van der Waals surface area (Å²) in [6.45, 7) is 11.3. The van der Waals surface area contributed by atoms with Crippen molar-refractivity contribution in [3.63, 3.8) is 0 Å². The number of nitrogens with zero attached hydrogens (tertiary/aromatic N) is 3.